The van der Waals surface area contributed by atoms with Crippen LogP contribution in [0.5, 0.6) is 0 Å². The molecule has 0 spiro atoms. The van der Waals surface area contributed by atoms with E-state index in [1.54, 1.807) is 0 Å². The molecule has 0 fully saturated rings. The maximum Gasteiger partial charge on any atom is 0.167 e. The molecular weight excluding hydrogens is 256 g/mol. The Morgan fingerprint density at radius 3 is 2.79 bits per heavy atom. The van der Waals surface area contributed by atoms with Gasteiger partial charge in [-0.3, -0.25) is 0 Å². The van der Waals surface area contributed by atoms with Crippen LogP contribution in [-0.4, -0.2) is 35.7 Å². The first-order valence-electron chi connectivity index (χ1n) is 6.48. The minimum absolute atomic E-state index is 0.838. The molecule has 0 bridgehead atoms. The highest BCUT2D eigenvalue weighted by Gasteiger charge is 2.08. The molecule has 2 rings (SSSR count). The predicted molar refractivity (Wildman–Crippen MR) is 81.3 cm³/mol. The van der Waals surface area contributed by atoms with Crippen LogP contribution in [0.4, 0.5) is 0 Å². The van der Waals surface area contributed by atoms with E-state index in [0.29, 0.717) is 0 Å². The zero-order valence-electron chi connectivity index (χ0n) is 11.5. The normalized spacial score (nSPS) is 11.1. The summed E-state index contributed by atoms with van der Waals surface area (Å²) in [5.74, 6) is 2.05. The Labute approximate surface area is 119 Å². The van der Waals surface area contributed by atoms with E-state index in [0.717, 1.165) is 30.1 Å². The highest BCUT2D eigenvalue weighted by Crippen LogP contribution is 2.20. The van der Waals surface area contributed by atoms with Crippen LogP contribution in [-0.2, 0) is 6.54 Å². The number of benzene rings is 1. The zero-order chi connectivity index (χ0) is 13.5. The van der Waals surface area contributed by atoms with Gasteiger partial charge in [-0.05, 0) is 32.0 Å². The van der Waals surface area contributed by atoms with E-state index in [4.69, 9.17) is 4.52 Å². The average molecular weight is 276 g/mol. The van der Waals surface area contributed by atoms with Crippen molar-refractivity contribution < 1.29 is 4.52 Å². The zero-order valence-corrected chi connectivity index (χ0v) is 12.3. The SMILES string of the molecule is CSCCCN(C)Cc1cc(-c2ccccc2)on1. The second kappa shape index (κ2) is 7.36. The van der Waals surface area contributed by atoms with Gasteiger partial charge in [-0.1, -0.05) is 35.5 Å². The van der Waals surface area contributed by atoms with Crippen LogP contribution in [0, 0.1) is 0 Å². The van der Waals surface area contributed by atoms with Gasteiger partial charge in [0.15, 0.2) is 5.76 Å². The molecule has 1 heterocycles. The van der Waals surface area contributed by atoms with Gasteiger partial charge in [0.2, 0.25) is 0 Å². The lowest BCUT2D eigenvalue weighted by Crippen LogP contribution is -2.19. The lowest BCUT2D eigenvalue weighted by atomic mass is 10.1. The molecule has 19 heavy (non-hydrogen) atoms. The first-order valence-corrected chi connectivity index (χ1v) is 7.87. The first kappa shape index (κ1) is 14.2. The number of nitrogens with zero attached hydrogens (tertiary/aromatic N) is 2. The van der Waals surface area contributed by atoms with Crippen molar-refractivity contribution in [2.75, 3.05) is 25.6 Å². The number of hydrogen-bond donors (Lipinski definition) is 0. The summed E-state index contributed by atoms with van der Waals surface area (Å²) in [6, 6.07) is 12.1. The molecule has 4 heteroatoms. The van der Waals surface area contributed by atoms with Crippen molar-refractivity contribution >= 4 is 11.8 Å². The molecule has 2 aromatic rings. The molecule has 0 unspecified atom stereocenters. The highest BCUT2D eigenvalue weighted by atomic mass is 32.2. The molecule has 0 saturated heterocycles. The maximum absolute atomic E-state index is 5.40. The predicted octanol–water partition coefficient (Wildman–Crippen LogP) is 3.53. The van der Waals surface area contributed by atoms with E-state index in [1.807, 2.05) is 48.2 Å². The Bertz CT molecular complexity index is 484. The third-order valence-electron chi connectivity index (χ3n) is 2.94. The third-order valence-corrected chi connectivity index (χ3v) is 3.63. The average Bonchev–Trinajstić information content (AvgIpc) is 2.88. The van der Waals surface area contributed by atoms with E-state index < -0.39 is 0 Å². The molecule has 0 amide bonds. The molecule has 0 radical (unpaired) electrons. The van der Waals surface area contributed by atoms with Crippen molar-refractivity contribution in [2.24, 2.45) is 0 Å². The quantitative estimate of drug-likeness (QED) is 0.724. The Morgan fingerprint density at radius 1 is 1.26 bits per heavy atom. The highest BCUT2D eigenvalue weighted by molar-refractivity contribution is 7.98. The summed E-state index contributed by atoms with van der Waals surface area (Å²) in [5, 5.41) is 4.14. The van der Waals surface area contributed by atoms with Gasteiger partial charge < -0.3 is 9.42 Å². The molecule has 1 aromatic heterocycles. The minimum atomic E-state index is 0.838. The topological polar surface area (TPSA) is 29.3 Å². The molecule has 0 aliphatic rings. The number of rotatable bonds is 7. The minimum Gasteiger partial charge on any atom is -0.356 e. The number of hydrogen-bond acceptors (Lipinski definition) is 4. The molecule has 1 aromatic carbocycles. The second-order valence-corrected chi connectivity index (χ2v) is 5.62. The molecule has 3 nitrogen and oxygen atoms in total. The van der Waals surface area contributed by atoms with Crippen LogP contribution in [0.2, 0.25) is 0 Å². The van der Waals surface area contributed by atoms with Crippen molar-refractivity contribution in [3.05, 3.63) is 42.1 Å². The third kappa shape index (κ3) is 4.40. The maximum atomic E-state index is 5.40. The van der Waals surface area contributed by atoms with Gasteiger partial charge in [0.05, 0.1) is 5.69 Å². The van der Waals surface area contributed by atoms with Gasteiger partial charge in [-0.15, -0.1) is 0 Å². The number of thioether (sulfide) groups is 1. The summed E-state index contributed by atoms with van der Waals surface area (Å²) in [4.78, 5) is 2.28. The molecule has 0 N–H and O–H groups in total. The van der Waals surface area contributed by atoms with Crippen LogP contribution in [0.15, 0.2) is 40.9 Å². The molecule has 102 valence electrons. The van der Waals surface area contributed by atoms with E-state index in [1.165, 1.54) is 12.2 Å². The van der Waals surface area contributed by atoms with Crippen LogP contribution < -0.4 is 0 Å². The van der Waals surface area contributed by atoms with Gasteiger partial charge >= 0.3 is 0 Å². The lowest BCUT2D eigenvalue weighted by Gasteiger charge is -2.13. The van der Waals surface area contributed by atoms with Crippen molar-refractivity contribution in [1.29, 1.82) is 0 Å². The fraction of sp³-hybridized carbons (Fsp3) is 0.400. The van der Waals surface area contributed by atoms with Gasteiger partial charge in [0.25, 0.3) is 0 Å². The Kier molecular flexibility index (Phi) is 5.48. The van der Waals surface area contributed by atoms with E-state index in [9.17, 15) is 0 Å². The summed E-state index contributed by atoms with van der Waals surface area (Å²) in [5.41, 5.74) is 2.07. The lowest BCUT2D eigenvalue weighted by molar-refractivity contribution is 0.313. The van der Waals surface area contributed by atoms with E-state index in [2.05, 4.69) is 23.4 Å². The van der Waals surface area contributed by atoms with Crippen LogP contribution in [0.1, 0.15) is 12.1 Å². The summed E-state index contributed by atoms with van der Waals surface area (Å²) in [6.07, 6.45) is 3.35. The molecule has 0 atom stereocenters. The monoisotopic (exact) mass is 276 g/mol. The van der Waals surface area contributed by atoms with Crippen molar-refractivity contribution in [1.82, 2.24) is 10.1 Å². The fourth-order valence-corrected chi connectivity index (χ4v) is 2.38. The first-order chi connectivity index (χ1) is 9.29. The summed E-state index contributed by atoms with van der Waals surface area (Å²) in [6.45, 7) is 1.93. The van der Waals surface area contributed by atoms with Crippen molar-refractivity contribution in [2.45, 2.75) is 13.0 Å². The molecule has 0 aliphatic heterocycles. The van der Waals surface area contributed by atoms with Crippen LogP contribution in [0.3, 0.4) is 0 Å². The van der Waals surface area contributed by atoms with Gasteiger partial charge in [-0.25, -0.2) is 0 Å². The second-order valence-electron chi connectivity index (χ2n) is 4.63. The smallest absolute Gasteiger partial charge is 0.167 e. The van der Waals surface area contributed by atoms with Crippen molar-refractivity contribution in [3.8, 4) is 11.3 Å². The standard InChI is InChI=1S/C15H20N2OS/c1-17(9-6-10-19-2)12-14-11-15(18-16-14)13-7-4-3-5-8-13/h3-5,7-8,11H,6,9-10,12H2,1-2H3. The fourth-order valence-electron chi connectivity index (χ4n) is 1.96. The molecule has 0 aliphatic carbocycles. The summed E-state index contributed by atoms with van der Waals surface area (Å²) >= 11 is 1.89. The summed E-state index contributed by atoms with van der Waals surface area (Å²) < 4.78 is 5.40. The van der Waals surface area contributed by atoms with Crippen LogP contribution >= 0.6 is 11.8 Å². The largest absolute Gasteiger partial charge is 0.356 e. The molecular formula is C15H20N2OS. The Hall–Kier alpha value is -1.26. The Balaban J connectivity index is 1.91. The van der Waals surface area contributed by atoms with E-state index in [-0.39, 0.29) is 0 Å². The molecule has 0 saturated carbocycles. The Morgan fingerprint density at radius 2 is 2.05 bits per heavy atom. The van der Waals surface area contributed by atoms with Gasteiger partial charge in [-0.2, -0.15) is 11.8 Å². The number of aromatic nitrogens is 1. The summed E-state index contributed by atoms with van der Waals surface area (Å²) in [7, 11) is 2.12. The van der Waals surface area contributed by atoms with E-state index >= 15 is 0 Å². The van der Waals surface area contributed by atoms with Gasteiger partial charge in [0, 0.05) is 18.2 Å². The van der Waals surface area contributed by atoms with Gasteiger partial charge in [0.1, 0.15) is 0 Å². The van der Waals surface area contributed by atoms with Crippen LogP contribution in [0.25, 0.3) is 11.3 Å². The van der Waals surface area contributed by atoms with Crippen molar-refractivity contribution in [3.63, 3.8) is 0 Å².